The van der Waals surface area contributed by atoms with Crippen LogP contribution in [0, 0.1) is 0 Å². The number of pyridine rings is 1. The van der Waals surface area contributed by atoms with Gasteiger partial charge in [-0.1, -0.05) is 26.3 Å². The van der Waals surface area contributed by atoms with Crippen molar-refractivity contribution in [3.63, 3.8) is 0 Å². The van der Waals surface area contributed by atoms with Crippen molar-refractivity contribution < 1.29 is 9.90 Å². The van der Waals surface area contributed by atoms with Crippen molar-refractivity contribution in [3.8, 4) is 0 Å². The molecule has 0 saturated heterocycles. The number of carbonyl (C=O) groups is 1. The summed E-state index contributed by atoms with van der Waals surface area (Å²) in [5.41, 5.74) is 6.77. The quantitative estimate of drug-likeness (QED) is 0.876. The summed E-state index contributed by atoms with van der Waals surface area (Å²) in [7, 11) is 0. The number of hydrogen-bond acceptors (Lipinski definition) is 3. The zero-order valence-corrected chi connectivity index (χ0v) is 11.8. The van der Waals surface area contributed by atoms with Crippen LogP contribution < -0.4 is 5.73 Å². The molecule has 106 valence electrons. The highest BCUT2D eigenvalue weighted by molar-refractivity contribution is 5.72. The van der Waals surface area contributed by atoms with Gasteiger partial charge < -0.3 is 10.8 Å². The molecule has 1 aliphatic carbocycles. The number of nitrogens with zero attached hydrogens (tertiary/aromatic N) is 1. The van der Waals surface area contributed by atoms with Crippen LogP contribution in [0.25, 0.3) is 0 Å². The van der Waals surface area contributed by atoms with E-state index in [9.17, 15) is 4.79 Å². The van der Waals surface area contributed by atoms with Gasteiger partial charge in [-0.3, -0.25) is 9.78 Å². The van der Waals surface area contributed by atoms with Crippen LogP contribution in [0.15, 0.2) is 24.4 Å². The van der Waals surface area contributed by atoms with Crippen molar-refractivity contribution in [2.75, 3.05) is 0 Å². The molecular weight excluding hydrogens is 240 g/mol. The largest absolute Gasteiger partial charge is 0.480 e. The summed E-state index contributed by atoms with van der Waals surface area (Å²) in [5.74, 6) is -0.928. The second-order valence-electron chi connectivity index (χ2n) is 5.06. The Kier molecular flexibility index (Phi) is 5.96. The number of hydrogen-bond donors (Lipinski definition) is 2. The summed E-state index contributed by atoms with van der Waals surface area (Å²) < 4.78 is 0. The predicted molar refractivity (Wildman–Crippen MR) is 76.0 cm³/mol. The van der Waals surface area contributed by atoms with Crippen molar-refractivity contribution in [1.82, 2.24) is 4.98 Å². The minimum absolute atomic E-state index is 0.446. The average molecular weight is 264 g/mol. The van der Waals surface area contributed by atoms with Crippen LogP contribution in [0.4, 0.5) is 0 Å². The molecule has 1 aromatic rings. The lowest BCUT2D eigenvalue weighted by Gasteiger charge is -2.40. The molecule has 0 spiro atoms. The molecule has 0 radical (unpaired) electrons. The third-order valence-electron chi connectivity index (χ3n) is 3.95. The van der Waals surface area contributed by atoms with Crippen molar-refractivity contribution in [1.29, 1.82) is 0 Å². The Morgan fingerprint density at radius 3 is 2.42 bits per heavy atom. The van der Waals surface area contributed by atoms with E-state index >= 15 is 0 Å². The fourth-order valence-electron chi connectivity index (χ4n) is 2.25. The van der Waals surface area contributed by atoms with Gasteiger partial charge in [0.2, 0.25) is 0 Å². The Morgan fingerprint density at radius 2 is 2.16 bits per heavy atom. The third-order valence-corrected chi connectivity index (χ3v) is 3.95. The third kappa shape index (κ3) is 4.03. The molecule has 0 aromatic carbocycles. The molecule has 4 nitrogen and oxygen atoms in total. The lowest BCUT2D eigenvalue weighted by molar-refractivity contribution is -0.138. The molecule has 1 heterocycles. The van der Waals surface area contributed by atoms with Gasteiger partial charge in [-0.2, -0.15) is 0 Å². The lowest BCUT2D eigenvalue weighted by Crippen LogP contribution is -2.34. The van der Waals surface area contributed by atoms with Gasteiger partial charge in [0, 0.05) is 17.3 Å². The molecule has 1 unspecified atom stereocenters. The van der Waals surface area contributed by atoms with E-state index < -0.39 is 12.0 Å². The van der Waals surface area contributed by atoms with Crippen molar-refractivity contribution >= 4 is 5.97 Å². The topological polar surface area (TPSA) is 76.2 Å². The summed E-state index contributed by atoms with van der Waals surface area (Å²) in [5, 5.41) is 8.06. The number of nitrogens with two attached hydrogens (primary N) is 1. The summed E-state index contributed by atoms with van der Waals surface area (Å²) in [4.78, 5) is 14.2. The molecule has 0 aliphatic heterocycles. The van der Waals surface area contributed by atoms with Gasteiger partial charge in [0.25, 0.3) is 0 Å². The zero-order valence-electron chi connectivity index (χ0n) is 11.8. The first-order valence-corrected chi connectivity index (χ1v) is 6.95. The Bertz CT molecular complexity index is 383. The van der Waals surface area contributed by atoms with Gasteiger partial charge in [0.05, 0.1) is 0 Å². The molecule has 1 fully saturated rings. The molecule has 19 heavy (non-hydrogen) atoms. The fourth-order valence-corrected chi connectivity index (χ4v) is 2.25. The molecular formula is C15H24N2O2. The predicted octanol–water partition coefficient (Wildman–Crippen LogP) is 2.72. The average Bonchev–Trinajstić information content (AvgIpc) is 2.39. The van der Waals surface area contributed by atoms with Crippen LogP contribution in [0.2, 0.25) is 0 Å². The molecule has 0 amide bonds. The molecule has 1 atom stereocenters. The Balaban J connectivity index is 0.000000224. The van der Waals surface area contributed by atoms with E-state index in [4.69, 9.17) is 10.8 Å². The van der Waals surface area contributed by atoms with Crippen LogP contribution in [0.5, 0.6) is 0 Å². The normalized spacial score (nSPS) is 17.6. The maximum Gasteiger partial charge on any atom is 0.320 e. The highest BCUT2D eigenvalue weighted by Gasteiger charge is 2.37. The molecule has 0 bridgehead atoms. The first-order chi connectivity index (χ1) is 9.05. The molecule has 4 heteroatoms. The maximum atomic E-state index is 9.81. The molecule has 1 aromatic heterocycles. The van der Waals surface area contributed by atoms with Crippen molar-refractivity contribution in [3.05, 3.63) is 30.1 Å². The monoisotopic (exact) mass is 264 g/mol. The van der Waals surface area contributed by atoms with E-state index in [1.807, 2.05) is 12.3 Å². The van der Waals surface area contributed by atoms with Gasteiger partial charge in [0.15, 0.2) is 0 Å². The highest BCUT2D eigenvalue weighted by Crippen LogP contribution is 2.45. The Morgan fingerprint density at radius 1 is 1.47 bits per heavy atom. The van der Waals surface area contributed by atoms with E-state index in [1.54, 1.807) is 6.92 Å². The number of rotatable bonds is 4. The summed E-state index contributed by atoms with van der Waals surface area (Å²) >= 11 is 0. The van der Waals surface area contributed by atoms with E-state index in [2.05, 4.69) is 24.0 Å². The van der Waals surface area contributed by atoms with Gasteiger partial charge in [-0.15, -0.1) is 0 Å². The highest BCUT2D eigenvalue weighted by atomic mass is 16.4. The van der Waals surface area contributed by atoms with E-state index in [1.165, 1.54) is 31.4 Å². The minimum atomic E-state index is -0.928. The Labute approximate surface area is 115 Å². The standard InChI is InChI=1S/C11H15N.C4H9NO2/c1-2-11(7-5-8-11)10-6-3-4-9-12-10;1-2-3(5)4(6)7/h3-4,6,9H,2,5,7-8H2,1H3;3H,2,5H2,1H3,(H,6,7). The first-order valence-electron chi connectivity index (χ1n) is 6.95. The molecule has 1 aliphatic rings. The molecule has 3 N–H and O–H groups in total. The fraction of sp³-hybridized carbons (Fsp3) is 0.600. The van der Waals surface area contributed by atoms with Crippen LogP contribution in [0.3, 0.4) is 0 Å². The number of carboxylic acid groups (broad SMARTS) is 1. The second kappa shape index (κ2) is 7.24. The molecule has 1 saturated carbocycles. The zero-order chi connectivity index (χ0) is 14.3. The van der Waals surface area contributed by atoms with Gasteiger partial charge in [0.1, 0.15) is 6.04 Å². The van der Waals surface area contributed by atoms with Gasteiger partial charge in [-0.05, 0) is 37.8 Å². The van der Waals surface area contributed by atoms with Crippen molar-refractivity contribution in [2.45, 2.75) is 57.4 Å². The summed E-state index contributed by atoms with van der Waals surface area (Å²) in [6.45, 7) is 4.01. The van der Waals surface area contributed by atoms with Crippen LogP contribution >= 0.6 is 0 Å². The SMILES string of the molecule is CCC(N)C(=O)O.CCC1(c2ccccn2)CCC1. The summed E-state index contributed by atoms with van der Waals surface area (Å²) in [6, 6.07) is 5.58. The Hall–Kier alpha value is -1.42. The van der Waals surface area contributed by atoms with Gasteiger partial charge in [-0.25, -0.2) is 0 Å². The van der Waals surface area contributed by atoms with E-state index in [0.717, 1.165) is 0 Å². The second-order valence-corrected chi connectivity index (χ2v) is 5.06. The van der Waals surface area contributed by atoms with Gasteiger partial charge >= 0.3 is 5.97 Å². The van der Waals surface area contributed by atoms with Crippen LogP contribution in [0.1, 0.15) is 51.6 Å². The lowest BCUT2D eigenvalue weighted by atomic mass is 9.65. The van der Waals surface area contributed by atoms with Crippen molar-refractivity contribution in [2.24, 2.45) is 5.73 Å². The number of aromatic nitrogens is 1. The maximum absolute atomic E-state index is 9.81. The number of aliphatic carboxylic acids is 1. The summed E-state index contributed by atoms with van der Waals surface area (Å²) in [6.07, 6.45) is 7.69. The van der Waals surface area contributed by atoms with E-state index in [-0.39, 0.29) is 0 Å². The van der Waals surface area contributed by atoms with Crippen LogP contribution in [-0.4, -0.2) is 22.1 Å². The minimum Gasteiger partial charge on any atom is -0.480 e. The smallest absolute Gasteiger partial charge is 0.320 e. The van der Waals surface area contributed by atoms with Crippen LogP contribution in [-0.2, 0) is 10.2 Å². The number of carboxylic acids is 1. The molecule has 2 rings (SSSR count). The first kappa shape index (κ1) is 15.6. The van der Waals surface area contributed by atoms with E-state index in [0.29, 0.717) is 11.8 Å².